The lowest BCUT2D eigenvalue weighted by atomic mass is 10.1. The van der Waals surface area contributed by atoms with Gasteiger partial charge in [-0.2, -0.15) is 0 Å². The highest BCUT2D eigenvalue weighted by molar-refractivity contribution is 5.79. The minimum Gasteiger partial charge on any atom is -0.493 e. The number of nitrogens with zero attached hydrogens (tertiary/aromatic N) is 3. The molecule has 162 valence electrons. The lowest BCUT2D eigenvalue weighted by molar-refractivity contribution is 0.354. The quantitative estimate of drug-likeness (QED) is 0.514. The molecule has 0 bridgehead atoms. The second-order valence-corrected chi connectivity index (χ2v) is 7.36. The van der Waals surface area contributed by atoms with Crippen molar-refractivity contribution >= 4 is 11.8 Å². The highest BCUT2D eigenvalue weighted by Gasteiger charge is 2.12. The number of methoxy groups -OCH3 is 2. The molecule has 1 saturated heterocycles. The molecule has 1 aliphatic heterocycles. The van der Waals surface area contributed by atoms with Crippen molar-refractivity contribution in [1.82, 2.24) is 15.6 Å². The molecule has 1 aromatic carbocycles. The maximum atomic E-state index is 5.38. The van der Waals surface area contributed by atoms with Crippen LogP contribution in [-0.4, -0.2) is 51.8 Å². The van der Waals surface area contributed by atoms with Crippen LogP contribution in [0, 0.1) is 0 Å². The first-order valence-corrected chi connectivity index (χ1v) is 10.6. The highest BCUT2D eigenvalue weighted by atomic mass is 16.5. The van der Waals surface area contributed by atoms with Crippen molar-refractivity contribution in [3.8, 4) is 11.5 Å². The number of ether oxygens (including phenoxy) is 2. The zero-order chi connectivity index (χ0) is 21.2. The van der Waals surface area contributed by atoms with Crippen LogP contribution >= 0.6 is 0 Å². The molecule has 0 atom stereocenters. The number of nitrogens with one attached hydrogen (secondary N) is 2. The molecule has 2 N–H and O–H groups in total. The summed E-state index contributed by atoms with van der Waals surface area (Å²) < 4.78 is 10.7. The zero-order valence-electron chi connectivity index (χ0n) is 18.3. The van der Waals surface area contributed by atoms with Crippen molar-refractivity contribution in [1.29, 1.82) is 0 Å². The topological polar surface area (TPSA) is 71.0 Å². The Hall–Kier alpha value is -2.96. The molecule has 2 aromatic rings. The number of piperidine rings is 1. The maximum absolute atomic E-state index is 5.38. The van der Waals surface area contributed by atoms with E-state index in [2.05, 4.69) is 43.7 Å². The van der Waals surface area contributed by atoms with E-state index in [1.165, 1.54) is 30.4 Å². The van der Waals surface area contributed by atoms with E-state index < -0.39 is 0 Å². The average molecular weight is 412 g/mol. The molecule has 0 aliphatic carbocycles. The summed E-state index contributed by atoms with van der Waals surface area (Å²) in [5.74, 6) is 3.35. The number of anilines is 1. The Morgan fingerprint density at radius 3 is 2.53 bits per heavy atom. The third-order valence-electron chi connectivity index (χ3n) is 5.33. The largest absolute Gasteiger partial charge is 0.493 e. The van der Waals surface area contributed by atoms with Gasteiger partial charge in [-0.3, -0.25) is 4.99 Å². The molecule has 1 aliphatic rings. The molecule has 7 heteroatoms. The lowest BCUT2D eigenvalue weighted by Gasteiger charge is -2.28. The third-order valence-corrected chi connectivity index (χ3v) is 5.33. The van der Waals surface area contributed by atoms with Crippen LogP contribution in [-0.2, 0) is 13.0 Å². The number of pyridine rings is 1. The van der Waals surface area contributed by atoms with E-state index >= 15 is 0 Å². The van der Waals surface area contributed by atoms with Crippen LogP contribution < -0.4 is 25.0 Å². The number of hydrogen-bond donors (Lipinski definition) is 2. The number of rotatable bonds is 8. The third kappa shape index (κ3) is 6.02. The summed E-state index contributed by atoms with van der Waals surface area (Å²) in [6.07, 6.45) is 6.58. The van der Waals surface area contributed by atoms with E-state index in [-0.39, 0.29) is 0 Å². The van der Waals surface area contributed by atoms with Gasteiger partial charge < -0.3 is 25.0 Å². The van der Waals surface area contributed by atoms with Crippen molar-refractivity contribution in [3.63, 3.8) is 0 Å². The molecule has 1 aromatic heterocycles. The fourth-order valence-electron chi connectivity index (χ4n) is 3.63. The van der Waals surface area contributed by atoms with E-state index in [9.17, 15) is 0 Å². The summed E-state index contributed by atoms with van der Waals surface area (Å²) >= 11 is 0. The van der Waals surface area contributed by atoms with Gasteiger partial charge in [-0.05, 0) is 61.1 Å². The van der Waals surface area contributed by atoms with E-state index in [1.807, 2.05) is 18.3 Å². The minimum atomic E-state index is 0.708. The second-order valence-electron chi connectivity index (χ2n) is 7.36. The van der Waals surface area contributed by atoms with Gasteiger partial charge >= 0.3 is 0 Å². The first-order valence-electron chi connectivity index (χ1n) is 10.6. The van der Waals surface area contributed by atoms with E-state index in [4.69, 9.17) is 9.47 Å². The van der Waals surface area contributed by atoms with Crippen LogP contribution in [0.1, 0.15) is 30.4 Å². The summed E-state index contributed by atoms with van der Waals surface area (Å²) in [5, 5.41) is 6.76. The SMILES string of the molecule is CN=C(NCCc1ccc(OC)c(OC)c1)NCc1ccnc(N2CCCCC2)c1. The maximum Gasteiger partial charge on any atom is 0.191 e. The first-order chi connectivity index (χ1) is 14.7. The molecule has 0 unspecified atom stereocenters. The lowest BCUT2D eigenvalue weighted by Crippen LogP contribution is -2.38. The summed E-state index contributed by atoms with van der Waals surface area (Å²) in [6, 6.07) is 10.2. The molecule has 3 rings (SSSR count). The van der Waals surface area contributed by atoms with Gasteiger partial charge in [0, 0.05) is 39.4 Å². The molecule has 30 heavy (non-hydrogen) atoms. The minimum absolute atomic E-state index is 0.708. The fourth-order valence-corrected chi connectivity index (χ4v) is 3.63. The van der Waals surface area contributed by atoms with Crippen molar-refractivity contribution in [2.45, 2.75) is 32.2 Å². The molecular formula is C23H33N5O2. The predicted octanol–water partition coefficient (Wildman–Crippen LogP) is 3.00. The van der Waals surface area contributed by atoms with E-state index in [0.717, 1.165) is 49.3 Å². The average Bonchev–Trinajstić information content (AvgIpc) is 2.81. The zero-order valence-corrected chi connectivity index (χ0v) is 18.3. The number of aromatic nitrogens is 1. The Bertz CT molecular complexity index is 834. The summed E-state index contributed by atoms with van der Waals surface area (Å²) in [6.45, 7) is 3.68. The summed E-state index contributed by atoms with van der Waals surface area (Å²) in [5.41, 5.74) is 2.38. The van der Waals surface area contributed by atoms with E-state index in [0.29, 0.717) is 6.54 Å². The Labute approximate surface area is 179 Å². The number of aliphatic imine (C=N–C) groups is 1. The monoisotopic (exact) mass is 411 g/mol. The Morgan fingerprint density at radius 2 is 1.80 bits per heavy atom. The van der Waals surface area contributed by atoms with Crippen molar-refractivity contribution in [2.24, 2.45) is 4.99 Å². The van der Waals surface area contributed by atoms with Gasteiger partial charge in [-0.1, -0.05) is 6.07 Å². The van der Waals surface area contributed by atoms with Crippen molar-refractivity contribution in [2.75, 3.05) is 45.8 Å². The van der Waals surface area contributed by atoms with Crippen molar-refractivity contribution < 1.29 is 9.47 Å². The van der Waals surface area contributed by atoms with Crippen molar-refractivity contribution in [3.05, 3.63) is 47.7 Å². The Balaban J connectivity index is 1.48. The number of benzene rings is 1. The van der Waals surface area contributed by atoms with Crippen LogP contribution in [0.5, 0.6) is 11.5 Å². The normalized spacial score (nSPS) is 14.4. The standard InChI is InChI=1S/C23H33N5O2/c1-24-23(26-12-9-18-7-8-20(29-2)21(15-18)30-3)27-17-19-10-11-25-22(16-19)28-13-5-4-6-14-28/h7-8,10-11,15-16H,4-6,9,12-14,17H2,1-3H3,(H2,24,26,27). The van der Waals surface area contributed by atoms with Gasteiger partial charge in [0.05, 0.1) is 14.2 Å². The Morgan fingerprint density at radius 1 is 1.00 bits per heavy atom. The van der Waals surface area contributed by atoms with Crippen LogP contribution in [0.4, 0.5) is 5.82 Å². The van der Waals surface area contributed by atoms with Gasteiger partial charge in [0.25, 0.3) is 0 Å². The number of guanidine groups is 1. The molecule has 0 amide bonds. The second kappa shape index (κ2) is 11.3. The predicted molar refractivity (Wildman–Crippen MR) is 122 cm³/mol. The summed E-state index contributed by atoms with van der Waals surface area (Å²) in [7, 11) is 5.09. The first kappa shape index (κ1) is 21.7. The van der Waals surface area contributed by atoms with Crippen LogP contribution in [0.2, 0.25) is 0 Å². The number of hydrogen-bond acceptors (Lipinski definition) is 5. The molecule has 7 nitrogen and oxygen atoms in total. The van der Waals surface area contributed by atoms with Gasteiger partial charge in [-0.15, -0.1) is 0 Å². The highest BCUT2D eigenvalue weighted by Crippen LogP contribution is 2.27. The fraction of sp³-hybridized carbons (Fsp3) is 0.478. The molecule has 0 radical (unpaired) electrons. The molecular weight excluding hydrogens is 378 g/mol. The molecule has 0 spiro atoms. The smallest absolute Gasteiger partial charge is 0.191 e. The van der Waals surface area contributed by atoms with E-state index in [1.54, 1.807) is 21.3 Å². The Kier molecular flexibility index (Phi) is 8.18. The van der Waals surface area contributed by atoms with Gasteiger partial charge in [0.1, 0.15) is 5.82 Å². The van der Waals surface area contributed by atoms with Crippen LogP contribution in [0.15, 0.2) is 41.5 Å². The summed E-state index contributed by atoms with van der Waals surface area (Å²) in [4.78, 5) is 11.3. The molecule has 1 fully saturated rings. The van der Waals surface area contributed by atoms with Gasteiger partial charge in [0.15, 0.2) is 17.5 Å². The molecule has 0 saturated carbocycles. The van der Waals surface area contributed by atoms with Gasteiger partial charge in [-0.25, -0.2) is 4.98 Å². The molecule has 2 heterocycles. The van der Waals surface area contributed by atoms with Gasteiger partial charge in [0.2, 0.25) is 0 Å². The van der Waals surface area contributed by atoms with Crippen LogP contribution in [0.25, 0.3) is 0 Å². The van der Waals surface area contributed by atoms with Crippen LogP contribution in [0.3, 0.4) is 0 Å².